The molecule has 1 rings (SSSR count). The molecule has 0 aromatic rings. The topological polar surface area (TPSA) is 0 Å². The van der Waals surface area contributed by atoms with Crippen molar-refractivity contribution in [3.05, 3.63) is 37.1 Å². The van der Waals surface area contributed by atoms with Gasteiger partial charge in [-0.3, -0.25) is 37.1 Å². The van der Waals surface area contributed by atoms with E-state index in [-0.39, 0.29) is 0 Å². The fourth-order valence-corrected chi connectivity index (χ4v) is 0.385. The predicted octanol–water partition coefficient (Wildman–Crippen LogP) is 1.52. The molecule has 0 nitrogen and oxygen atoms in total. The lowest BCUT2D eigenvalue weighted by atomic mass is 10.2. The SMILES string of the molecule is C1=C[CH-]C=C[CH-]1. The zero-order valence-electron chi connectivity index (χ0n) is 3.46. The molecule has 0 heteroatoms. The van der Waals surface area contributed by atoms with Crippen LogP contribution in [-0.4, -0.2) is 0 Å². The van der Waals surface area contributed by atoms with Gasteiger partial charge in [-0.1, -0.05) is 0 Å². The monoisotopic (exact) mass is 78.0 g/mol. The summed E-state index contributed by atoms with van der Waals surface area (Å²) in [5.74, 6) is 0. The molecule has 0 unspecified atom stereocenters. The van der Waals surface area contributed by atoms with Gasteiger partial charge in [0, 0.05) is 0 Å². The lowest BCUT2D eigenvalue weighted by Crippen LogP contribution is -1.68. The van der Waals surface area contributed by atoms with Crippen LogP contribution in [0.25, 0.3) is 0 Å². The van der Waals surface area contributed by atoms with E-state index in [4.69, 9.17) is 0 Å². The predicted molar refractivity (Wildman–Crippen MR) is 26.9 cm³/mol. The first-order valence-electron chi connectivity index (χ1n) is 2.00. The van der Waals surface area contributed by atoms with Crippen LogP contribution in [0.2, 0.25) is 0 Å². The zero-order chi connectivity index (χ0) is 4.24. The van der Waals surface area contributed by atoms with E-state index < -0.39 is 0 Å². The van der Waals surface area contributed by atoms with Gasteiger partial charge in [0.05, 0.1) is 0 Å². The molecule has 0 aliphatic heterocycles. The lowest BCUT2D eigenvalue weighted by molar-refractivity contribution is 1.59. The van der Waals surface area contributed by atoms with Crippen molar-refractivity contribution in [2.75, 3.05) is 0 Å². The normalized spacial score (nSPS) is 16.0. The molecule has 0 bridgehead atoms. The maximum Gasteiger partial charge on any atom is -0.281 e. The Balaban J connectivity index is 2.40. The Morgan fingerprint density at radius 1 is 0.667 bits per heavy atom. The third-order valence-electron chi connectivity index (χ3n) is 0.667. The van der Waals surface area contributed by atoms with Crippen molar-refractivity contribution in [3.8, 4) is 0 Å². The van der Waals surface area contributed by atoms with Gasteiger partial charge in [-0.25, -0.2) is 0 Å². The Kier molecular flexibility index (Phi) is 0.913. The summed E-state index contributed by atoms with van der Waals surface area (Å²) < 4.78 is 0. The fraction of sp³-hybridized carbons (Fsp3) is 0. The first kappa shape index (κ1) is 3.41. The molecule has 1 aliphatic carbocycles. The maximum absolute atomic E-state index is 2.00. The Morgan fingerprint density at radius 3 is 1.17 bits per heavy atom. The van der Waals surface area contributed by atoms with Gasteiger partial charge in [0.25, 0.3) is 0 Å². The summed E-state index contributed by atoms with van der Waals surface area (Å²) >= 11 is 0. The average molecular weight is 78.1 g/mol. The molecule has 6 heavy (non-hydrogen) atoms. The summed E-state index contributed by atoms with van der Waals surface area (Å²) in [5.41, 5.74) is 0. The molecule has 0 radical (unpaired) electrons. The van der Waals surface area contributed by atoms with E-state index in [9.17, 15) is 0 Å². The second kappa shape index (κ2) is 1.61. The van der Waals surface area contributed by atoms with Crippen molar-refractivity contribution in [3.63, 3.8) is 0 Å². The van der Waals surface area contributed by atoms with Crippen molar-refractivity contribution in [1.82, 2.24) is 0 Å². The van der Waals surface area contributed by atoms with E-state index >= 15 is 0 Å². The maximum atomic E-state index is 2.00. The van der Waals surface area contributed by atoms with Gasteiger partial charge < -0.3 is 0 Å². The molecule has 0 fully saturated rings. The summed E-state index contributed by atoms with van der Waals surface area (Å²) in [6.07, 6.45) is 12.0. The second-order valence-electron chi connectivity index (χ2n) is 1.15. The van der Waals surface area contributed by atoms with Crippen LogP contribution in [0.4, 0.5) is 0 Å². The van der Waals surface area contributed by atoms with Gasteiger partial charge in [0.15, 0.2) is 0 Å². The molecule has 32 valence electrons. The Hall–Kier alpha value is -0.780. The van der Waals surface area contributed by atoms with E-state index in [1.54, 1.807) is 0 Å². The smallest absolute Gasteiger partial charge is 0.281 e. The number of hydrogen-bond donors (Lipinski definition) is 0. The Labute approximate surface area is 38.2 Å². The van der Waals surface area contributed by atoms with Gasteiger partial charge in [-0.15, -0.1) is 0 Å². The van der Waals surface area contributed by atoms with Crippen LogP contribution >= 0.6 is 0 Å². The van der Waals surface area contributed by atoms with Crippen LogP contribution < -0.4 is 0 Å². The van der Waals surface area contributed by atoms with Crippen molar-refractivity contribution in [1.29, 1.82) is 0 Å². The van der Waals surface area contributed by atoms with Crippen molar-refractivity contribution in [2.24, 2.45) is 0 Å². The molecular formula is C6H6-2. The molecular weight excluding hydrogens is 72.1 g/mol. The van der Waals surface area contributed by atoms with Crippen LogP contribution in [0.5, 0.6) is 0 Å². The quantitative estimate of drug-likeness (QED) is 0.385. The minimum absolute atomic E-state index is 2.00. The van der Waals surface area contributed by atoms with E-state index in [2.05, 4.69) is 0 Å². The summed E-state index contributed by atoms with van der Waals surface area (Å²) in [4.78, 5) is 0. The highest BCUT2D eigenvalue weighted by atomic mass is 13.8. The van der Waals surface area contributed by atoms with Gasteiger partial charge in [-0.2, -0.15) is 0 Å². The van der Waals surface area contributed by atoms with Crippen LogP contribution in [0.1, 0.15) is 0 Å². The molecule has 0 N–H and O–H groups in total. The third-order valence-corrected chi connectivity index (χ3v) is 0.667. The summed E-state index contributed by atoms with van der Waals surface area (Å²) in [6.45, 7) is 0. The standard InChI is InChI=1S/C6H6/c1-2-4-6-5-3-1/h1-6H/q-2. The van der Waals surface area contributed by atoms with Gasteiger partial charge >= 0.3 is 0 Å². The fourth-order valence-electron chi connectivity index (χ4n) is 0.385. The summed E-state index contributed by atoms with van der Waals surface area (Å²) in [7, 11) is 0. The molecule has 0 heterocycles. The highest BCUT2D eigenvalue weighted by Crippen LogP contribution is 1.94. The van der Waals surface area contributed by atoms with Gasteiger partial charge in [0.2, 0.25) is 0 Å². The molecule has 0 aromatic carbocycles. The minimum atomic E-state index is 2.00. The first-order valence-corrected chi connectivity index (χ1v) is 2.00. The molecule has 0 saturated heterocycles. The largest absolute Gasteiger partial charge is 0.281 e. The molecule has 0 spiro atoms. The lowest BCUT2D eigenvalue weighted by Gasteiger charge is -2.09. The average Bonchev–Trinajstić information content (AvgIpc) is 1.72. The van der Waals surface area contributed by atoms with E-state index in [0.717, 1.165) is 0 Å². The van der Waals surface area contributed by atoms with Crippen molar-refractivity contribution < 1.29 is 0 Å². The summed E-state index contributed by atoms with van der Waals surface area (Å²) in [6, 6.07) is 0. The van der Waals surface area contributed by atoms with Crippen molar-refractivity contribution in [2.45, 2.75) is 0 Å². The Morgan fingerprint density at radius 2 is 1.00 bits per heavy atom. The van der Waals surface area contributed by atoms with Gasteiger partial charge in [0.1, 0.15) is 0 Å². The second-order valence-corrected chi connectivity index (χ2v) is 1.15. The molecule has 0 aromatic heterocycles. The van der Waals surface area contributed by atoms with Crippen molar-refractivity contribution >= 4 is 0 Å². The highest BCUT2D eigenvalue weighted by Gasteiger charge is 1.53. The van der Waals surface area contributed by atoms with Gasteiger partial charge in [-0.05, 0) is 0 Å². The van der Waals surface area contributed by atoms with E-state index in [1.807, 2.05) is 37.1 Å². The Bertz CT molecular complexity index is 58.0. The van der Waals surface area contributed by atoms with Crippen LogP contribution in [0.3, 0.4) is 0 Å². The summed E-state index contributed by atoms with van der Waals surface area (Å²) in [5, 5.41) is 0. The molecule has 0 atom stereocenters. The molecule has 0 saturated carbocycles. The number of allylic oxidation sites excluding steroid dienone is 4. The molecule has 1 aliphatic rings. The molecule has 0 amide bonds. The van der Waals surface area contributed by atoms with E-state index in [1.165, 1.54) is 0 Å². The zero-order valence-corrected chi connectivity index (χ0v) is 3.46. The highest BCUT2D eigenvalue weighted by molar-refractivity contribution is 5.23. The van der Waals surface area contributed by atoms with Crippen LogP contribution in [0.15, 0.2) is 24.3 Å². The number of rotatable bonds is 0. The minimum Gasteiger partial charge on any atom is -0.281 e. The first-order chi connectivity index (χ1) is 3.00. The van der Waals surface area contributed by atoms with Crippen LogP contribution in [0, 0.1) is 12.8 Å². The van der Waals surface area contributed by atoms with Crippen LogP contribution in [-0.2, 0) is 0 Å². The third kappa shape index (κ3) is 0.582. The van der Waals surface area contributed by atoms with E-state index in [0.29, 0.717) is 0 Å². The number of hydrogen-bond acceptors (Lipinski definition) is 0.